The van der Waals surface area contributed by atoms with Crippen molar-refractivity contribution in [2.75, 3.05) is 0 Å². The summed E-state index contributed by atoms with van der Waals surface area (Å²) in [5.41, 5.74) is 5.78. The summed E-state index contributed by atoms with van der Waals surface area (Å²) in [7, 11) is 0. The molecule has 0 aromatic heterocycles. The van der Waals surface area contributed by atoms with Crippen LogP contribution in [-0.2, 0) is 4.79 Å². The molecule has 1 rings (SSSR count). The lowest BCUT2D eigenvalue weighted by molar-refractivity contribution is -0.137. The highest BCUT2D eigenvalue weighted by Crippen LogP contribution is 2.30. The molecule has 0 unspecified atom stereocenters. The van der Waals surface area contributed by atoms with E-state index >= 15 is 0 Å². The van der Waals surface area contributed by atoms with Crippen molar-refractivity contribution < 1.29 is 9.90 Å². The molecule has 2 atom stereocenters. The van der Waals surface area contributed by atoms with Crippen LogP contribution in [-0.4, -0.2) is 17.1 Å². The van der Waals surface area contributed by atoms with E-state index in [1.807, 2.05) is 0 Å². The van der Waals surface area contributed by atoms with Gasteiger partial charge in [-0.15, -0.1) is 0 Å². The van der Waals surface area contributed by atoms with Crippen LogP contribution < -0.4 is 5.73 Å². The van der Waals surface area contributed by atoms with Crippen LogP contribution >= 0.6 is 0 Å². The molecule has 0 bridgehead atoms. The number of carbonyl (C=O) groups is 1. The van der Waals surface area contributed by atoms with Crippen LogP contribution in [0, 0.1) is 11.8 Å². The minimum absolute atomic E-state index is 0.107. The molecule has 0 aromatic carbocycles. The van der Waals surface area contributed by atoms with E-state index in [0.717, 1.165) is 18.8 Å². The van der Waals surface area contributed by atoms with Gasteiger partial charge in [0, 0.05) is 6.04 Å². The summed E-state index contributed by atoms with van der Waals surface area (Å²) in [5, 5.41) is 8.63. The van der Waals surface area contributed by atoms with Gasteiger partial charge in [-0.05, 0) is 31.1 Å². The van der Waals surface area contributed by atoms with Crippen molar-refractivity contribution in [1.29, 1.82) is 0 Å². The van der Waals surface area contributed by atoms with Crippen molar-refractivity contribution in [3.63, 3.8) is 0 Å². The third-order valence-corrected chi connectivity index (χ3v) is 3.93. The van der Waals surface area contributed by atoms with Crippen molar-refractivity contribution in [3.8, 4) is 0 Å². The summed E-state index contributed by atoms with van der Waals surface area (Å²) >= 11 is 0. The Morgan fingerprint density at radius 1 is 1.29 bits per heavy atom. The highest BCUT2D eigenvalue weighted by molar-refractivity contribution is 5.67. The van der Waals surface area contributed by atoms with Crippen LogP contribution in [0.3, 0.4) is 0 Å². The standard InChI is InChI=1S/C14H27NO2/c1-11(7-8-13(15)10-14(16)17)9-12-5-3-2-4-6-12/h11-13H,2-10,15H2,1H3,(H,16,17)/t11-,13-/m0/s1. The predicted octanol–water partition coefficient (Wildman–Crippen LogP) is 3.18. The molecule has 17 heavy (non-hydrogen) atoms. The number of carboxylic acids is 1. The summed E-state index contributed by atoms with van der Waals surface area (Å²) in [5.74, 6) is 0.824. The minimum Gasteiger partial charge on any atom is -0.481 e. The Kier molecular flexibility index (Phi) is 6.56. The topological polar surface area (TPSA) is 63.3 Å². The zero-order chi connectivity index (χ0) is 12.7. The van der Waals surface area contributed by atoms with E-state index in [1.54, 1.807) is 0 Å². The van der Waals surface area contributed by atoms with Gasteiger partial charge in [0.1, 0.15) is 0 Å². The molecule has 0 heterocycles. The van der Waals surface area contributed by atoms with E-state index < -0.39 is 5.97 Å². The maximum atomic E-state index is 10.5. The molecule has 0 saturated heterocycles. The van der Waals surface area contributed by atoms with Crippen molar-refractivity contribution in [1.82, 2.24) is 0 Å². The van der Waals surface area contributed by atoms with E-state index in [-0.39, 0.29) is 12.5 Å². The lowest BCUT2D eigenvalue weighted by atomic mass is 9.82. The second kappa shape index (κ2) is 7.70. The molecule has 1 saturated carbocycles. The number of nitrogens with two attached hydrogens (primary N) is 1. The first-order valence-electron chi connectivity index (χ1n) is 7.05. The zero-order valence-corrected chi connectivity index (χ0v) is 11.0. The van der Waals surface area contributed by atoms with Crippen molar-refractivity contribution in [2.24, 2.45) is 17.6 Å². The number of aliphatic carboxylic acids is 1. The molecular weight excluding hydrogens is 214 g/mol. The fraction of sp³-hybridized carbons (Fsp3) is 0.929. The molecule has 0 spiro atoms. The van der Waals surface area contributed by atoms with Gasteiger partial charge in [0.2, 0.25) is 0 Å². The lowest BCUT2D eigenvalue weighted by Crippen LogP contribution is -2.24. The Bertz CT molecular complexity index is 224. The van der Waals surface area contributed by atoms with Gasteiger partial charge in [0.15, 0.2) is 0 Å². The second-order valence-electron chi connectivity index (χ2n) is 5.78. The first kappa shape index (κ1) is 14.5. The highest BCUT2D eigenvalue weighted by atomic mass is 16.4. The smallest absolute Gasteiger partial charge is 0.304 e. The normalized spacial score (nSPS) is 21.1. The number of rotatable bonds is 7. The lowest BCUT2D eigenvalue weighted by Gasteiger charge is -2.25. The number of hydrogen-bond acceptors (Lipinski definition) is 2. The van der Waals surface area contributed by atoms with Crippen LogP contribution in [0.2, 0.25) is 0 Å². The molecular formula is C14H27NO2. The number of carboxylic acid groups (broad SMARTS) is 1. The molecule has 0 aromatic rings. The van der Waals surface area contributed by atoms with E-state index in [1.165, 1.54) is 38.5 Å². The second-order valence-corrected chi connectivity index (χ2v) is 5.78. The maximum Gasteiger partial charge on any atom is 0.304 e. The number of hydrogen-bond donors (Lipinski definition) is 2. The third kappa shape index (κ3) is 6.67. The van der Waals surface area contributed by atoms with Gasteiger partial charge >= 0.3 is 5.97 Å². The Morgan fingerprint density at radius 3 is 2.53 bits per heavy atom. The fourth-order valence-electron chi connectivity index (χ4n) is 2.93. The zero-order valence-electron chi connectivity index (χ0n) is 11.0. The predicted molar refractivity (Wildman–Crippen MR) is 69.8 cm³/mol. The highest BCUT2D eigenvalue weighted by Gasteiger charge is 2.17. The Balaban J connectivity index is 2.11. The third-order valence-electron chi connectivity index (χ3n) is 3.93. The minimum atomic E-state index is -0.780. The summed E-state index contributed by atoms with van der Waals surface area (Å²) in [6, 6.07) is -0.165. The van der Waals surface area contributed by atoms with Crippen LogP contribution in [0.4, 0.5) is 0 Å². The molecule has 0 radical (unpaired) electrons. The SMILES string of the molecule is C[C@@H](CC[C@H](N)CC(=O)O)CC1CCCCC1. The molecule has 1 aliphatic carbocycles. The summed E-state index contributed by atoms with van der Waals surface area (Å²) in [4.78, 5) is 10.5. The molecule has 0 aliphatic heterocycles. The van der Waals surface area contributed by atoms with Gasteiger partial charge in [-0.1, -0.05) is 39.0 Å². The average molecular weight is 241 g/mol. The van der Waals surface area contributed by atoms with Crippen LogP contribution in [0.5, 0.6) is 0 Å². The molecule has 100 valence electrons. The Morgan fingerprint density at radius 2 is 1.94 bits per heavy atom. The van der Waals surface area contributed by atoms with Crippen molar-refractivity contribution in [3.05, 3.63) is 0 Å². The average Bonchev–Trinajstić information content (AvgIpc) is 2.27. The maximum absolute atomic E-state index is 10.5. The molecule has 1 fully saturated rings. The van der Waals surface area contributed by atoms with Gasteiger partial charge in [-0.3, -0.25) is 4.79 Å². The van der Waals surface area contributed by atoms with Crippen LogP contribution in [0.1, 0.15) is 64.7 Å². The molecule has 3 heteroatoms. The van der Waals surface area contributed by atoms with Gasteiger partial charge < -0.3 is 10.8 Å². The van der Waals surface area contributed by atoms with Crippen molar-refractivity contribution in [2.45, 2.75) is 70.8 Å². The fourth-order valence-corrected chi connectivity index (χ4v) is 2.93. The first-order valence-corrected chi connectivity index (χ1v) is 7.05. The van der Waals surface area contributed by atoms with Crippen LogP contribution in [0.15, 0.2) is 0 Å². The largest absolute Gasteiger partial charge is 0.481 e. The monoisotopic (exact) mass is 241 g/mol. The van der Waals surface area contributed by atoms with E-state index in [2.05, 4.69) is 6.92 Å². The summed E-state index contributed by atoms with van der Waals surface area (Å²) < 4.78 is 0. The van der Waals surface area contributed by atoms with E-state index in [0.29, 0.717) is 5.92 Å². The van der Waals surface area contributed by atoms with E-state index in [4.69, 9.17) is 10.8 Å². The van der Waals surface area contributed by atoms with E-state index in [9.17, 15) is 4.79 Å². The van der Waals surface area contributed by atoms with Crippen LogP contribution in [0.25, 0.3) is 0 Å². The van der Waals surface area contributed by atoms with Gasteiger partial charge in [0.25, 0.3) is 0 Å². The molecule has 3 N–H and O–H groups in total. The molecule has 3 nitrogen and oxygen atoms in total. The molecule has 1 aliphatic rings. The summed E-state index contributed by atoms with van der Waals surface area (Å²) in [6.45, 7) is 2.28. The summed E-state index contributed by atoms with van der Waals surface area (Å²) in [6.07, 6.45) is 10.3. The Labute approximate surface area is 105 Å². The van der Waals surface area contributed by atoms with Gasteiger partial charge in [-0.2, -0.15) is 0 Å². The van der Waals surface area contributed by atoms with Gasteiger partial charge in [-0.25, -0.2) is 0 Å². The Hall–Kier alpha value is -0.570. The quantitative estimate of drug-likeness (QED) is 0.719. The first-order chi connectivity index (χ1) is 8.08. The van der Waals surface area contributed by atoms with Crippen molar-refractivity contribution >= 4 is 5.97 Å². The van der Waals surface area contributed by atoms with Gasteiger partial charge in [0.05, 0.1) is 6.42 Å². The molecule has 0 amide bonds.